The molecule has 1 aliphatic rings. The molecule has 3 heteroatoms. The molecule has 1 rings (SSSR count). The minimum absolute atomic E-state index is 0.221. The average Bonchev–Trinajstić information content (AvgIpc) is 2.16. The summed E-state index contributed by atoms with van der Waals surface area (Å²) >= 11 is 0. The van der Waals surface area contributed by atoms with Crippen molar-refractivity contribution < 1.29 is 9.90 Å². The van der Waals surface area contributed by atoms with Crippen molar-refractivity contribution in [2.75, 3.05) is 13.1 Å². The Labute approximate surface area is 67.0 Å². The smallest absolute Gasteiger partial charge is 0.134 e. The molecular weight excluding hydrogens is 142 g/mol. The predicted molar refractivity (Wildman–Crippen MR) is 42.3 cm³/mol. The largest absolute Gasteiger partial charge is 0.391 e. The first-order valence-electron chi connectivity index (χ1n) is 3.96. The Morgan fingerprint density at radius 1 is 1.73 bits per heavy atom. The number of rotatable bonds is 2. The second-order valence-corrected chi connectivity index (χ2v) is 3.57. The van der Waals surface area contributed by atoms with Gasteiger partial charge in [-0.1, -0.05) is 0 Å². The van der Waals surface area contributed by atoms with Crippen molar-refractivity contribution in [3.8, 4) is 0 Å². The molecule has 0 aliphatic carbocycles. The first kappa shape index (κ1) is 8.68. The van der Waals surface area contributed by atoms with Crippen LogP contribution < -0.4 is 0 Å². The number of hydrogen-bond acceptors (Lipinski definition) is 3. The summed E-state index contributed by atoms with van der Waals surface area (Å²) in [5.74, 6) is 0. The van der Waals surface area contributed by atoms with Gasteiger partial charge in [-0.15, -0.1) is 0 Å². The number of carbonyl (C=O) groups excluding carboxylic acids is 1. The van der Waals surface area contributed by atoms with E-state index in [-0.39, 0.29) is 11.6 Å². The van der Waals surface area contributed by atoms with Crippen molar-refractivity contribution in [1.29, 1.82) is 0 Å². The van der Waals surface area contributed by atoms with Crippen LogP contribution in [0.15, 0.2) is 0 Å². The quantitative estimate of drug-likeness (QED) is 0.575. The molecule has 3 nitrogen and oxygen atoms in total. The molecule has 0 aromatic heterocycles. The maximum atomic E-state index is 10.2. The fourth-order valence-electron chi connectivity index (χ4n) is 1.55. The highest BCUT2D eigenvalue weighted by Gasteiger charge is 2.39. The number of hydrogen-bond donors (Lipinski definition) is 1. The summed E-state index contributed by atoms with van der Waals surface area (Å²) in [4.78, 5) is 12.2. The summed E-state index contributed by atoms with van der Waals surface area (Å²) in [5.41, 5.74) is -0.221. The molecule has 11 heavy (non-hydrogen) atoms. The average molecular weight is 157 g/mol. The van der Waals surface area contributed by atoms with Gasteiger partial charge in [-0.3, -0.25) is 4.90 Å². The monoisotopic (exact) mass is 157 g/mol. The van der Waals surface area contributed by atoms with E-state index in [0.29, 0.717) is 6.54 Å². The zero-order valence-corrected chi connectivity index (χ0v) is 7.08. The second kappa shape index (κ2) is 2.91. The minimum atomic E-state index is -0.289. The molecule has 1 atom stereocenters. The molecule has 1 unspecified atom stereocenters. The van der Waals surface area contributed by atoms with Crippen LogP contribution in [0.4, 0.5) is 0 Å². The van der Waals surface area contributed by atoms with E-state index in [9.17, 15) is 9.90 Å². The summed E-state index contributed by atoms with van der Waals surface area (Å²) in [6.45, 7) is 5.19. The molecule has 0 aromatic rings. The van der Waals surface area contributed by atoms with Gasteiger partial charge in [0.1, 0.15) is 6.29 Å². The van der Waals surface area contributed by atoms with E-state index >= 15 is 0 Å². The predicted octanol–water partition coefficient (Wildman–Crippen LogP) is 0.0305. The van der Waals surface area contributed by atoms with Crippen molar-refractivity contribution in [3.63, 3.8) is 0 Å². The van der Waals surface area contributed by atoms with Crippen LogP contribution in [0.25, 0.3) is 0 Å². The maximum absolute atomic E-state index is 10.2. The molecular formula is C8H15NO2. The van der Waals surface area contributed by atoms with E-state index in [4.69, 9.17) is 0 Å². The number of aliphatic hydroxyl groups excluding tert-OH is 1. The van der Waals surface area contributed by atoms with Gasteiger partial charge in [0.25, 0.3) is 0 Å². The van der Waals surface area contributed by atoms with Gasteiger partial charge < -0.3 is 9.90 Å². The van der Waals surface area contributed by atoms with Crippen LogP contribution in [-0.2, 0) is 4.79 Å². The lowest BCUT2D eigenvalue weighted by Crippen LogP contribution is -2.45. The van der Waals surface area contributed by atoms with Crippen LogP contribution in [0.3, 0.4) is 0 Å². The molecule has 1 aliphatic heterocycles. The SMILES string of the molecule is CC1(C)C(O)CCN1CC=O. The van der Waals surface area contributed by atoms with Gasteiger partial charge in [-0.05, 0) is 20.3 Å². The van der Waals surface area contributed by atoms with E-state index in [0.717, 1.165) is 19.3 Å². The molecule has 0 radical (unpaired) electrons. The third kappa shape index (κ3) is 1.44. The Balaban J connectivity index is 2.62. The third-order valence-corrected chi connectivity index (χ3v) is 2.60. The van der Waals surface area contributed by atoms with Crippen molar-refractivity contribution >= 4 is 6.29 Å². The van der Waals surface area contributed by atoms with Gasteiger partial charge in [0.2, 0.25) is 0 Å². The van der Waals surface area contributed by atoms with Crippen molar-refractivity contribution in [3.05, 3.63) is 0 Å². The molecule has 0 saturated carbocycles. The van der Waals surface area contributed by atoms with Gasteiger partial charge >= 0.3 is 0 Å². The summed E-state index contributed by atoms with van der Waals surface area (Å²) in [7, 11) is 0. The van der Waals surface area contributed by atoms with E-state index < -0.39 is 0 Å². The van der Waals surface area contributed by atoms with Crippen molar-refractivity contribution in [2.45, 2.75) is 31.9 Å². The summed E-state index contributed by atoms with van der Waals surface area (Å²) in [6.07, 6.45) is 1.38. The number of aldehydes is 1. The van der Waals surface area contributed by atoms with Crippen LogP contribution >= 0.6 is 0 Å². The topological polar surface area (TPSA) is 40.5 Å². The first-order valence-corrected chi connectivity index (χ1v) is 3.96. The summed E-state index contributed by atoms with van der Waals surface area (Å²) < 4.78 is 0. The molecule has 0 amide bonds. The molecule has 0 bridgehead atoms. The van der Waals surface area contributed by atoms with E-state index in [1.165, 1.54) is 0 Å². The zero-order valence-electron chi connectivity index (χ0n) is 7.08. The van der Waals surface area contributed by atoms with Gasteiger partial charge in [0.05, 0.1) is 12.6 Å². The standard InChI is InChI=1S/C8H15NO2/c1-8(2)7(11)3-4-9(8)5-6-10/h6-7,11H,3-5H2,1-2H3. The molecule has 64 valence electrons. The van der Waals surface area contributed by atoms with Gasteiger partial charge in [0.15, 0.2) is 0 Å². The molecule has 0 spiro atoms. The van der Waals surface area contributed by atoms with Gasteiger partial charge in [-0.25, -0.2) is 0 Å². The van der Waals surface area contributed by atoms with Crippen LogP contribution in [0.5, 0.6) is 0 Å². The van der Waals surface area contributed by atoms with Crippen LogP contribution in [0.1, 0.15) is 20.3 Å². The lowest BCUT2D eigenvalue weighted by molar-refractivity contribution is -0.110. The Morgan fingerprint density at radius 2 is 2.36 bits per heavy atom. The lowest BCUT2D eigenvalue weighted by Gasteiger charge is -2.32. The van der Waals surface area contributed by atoms with Crippen molar-refractivity contribution in [1.82, 2.24) is 4.90 Å². The first-order chi connectivity index (χ1) is 5.09. The lowest BCUT2D eigenvalue weighted by atomic mass is 9.99. The summed E-state index contributed by atoms with van der Waals surface area (Å²) in [6, 6.07) is 0. The Kier molecular flexibility index (Phi) is 2.30. The van der Waals surface area contributed by atoms with Crippen LogP contribution in [-0.4, -0.2) is 41.0 Å². The molecule has 1 heterocycles. The number of carbonyl (C=O) groups is 1. The molecule has 0 aromatic carbocycles. The number of likely N-dealkylation sites (tertiary alicyclic amines) is 1. The Morgan fingerprint density at radius 3 is 2.73 bits per heavy atom. The molecule has 1 saturated heterocycles. The van der Waals surface area contributed by atoms with Gasteiger partial charge in [-0.2, -0.15) is 0 Å². The van der Waals surface area contributed by atoms with Crippen LogP contribution in [0.2, 0.25) is 0 Å². The highest BCUT2D eigenvalue weighted by atomic mass is 16.3. The molecule has 1 N–H and O–H groups in total. The maximum Gasteiger partial charge on any atom is 0.134 e. The molecule has 1 fully saturated rings. The van der Waals surface area contributed by atoms with Crippen molar-refractivity contribution in [2.24, 2.45) is 0 Å². The number of aliphatic hydroxyl groups is 1. The zero-order chi connectivity index (χ0) is 8.48. The third-order valence-electron chi connectivity index (χ3n) is 2.60. The minimum Gasteiger partial charge on any atom is -0.391 e. The highest BCUT2D eigenvalue weighted by Crippen LogP contribution is 2.27. The number of nitrogens with zero attached hydrogens (tertiary/aromatic N) is 1. The highest BCUT2D eigenvalue weighted by molar-refractivity contribution is 5.52. The normalized spacial score (nSPS) is 30.6. The second-order valence-electron chi connectivity index (χ2n) is 3.57. The summed E-state index contributed by atoms with van der Waals surface area (Å²) in [5, 5.41) is 9.50. The van der Waals surface area contributed by atoms with E-state index in [2.05, 4.69) is 0 Å². The Bertz CT molecular complexity index is 156. The Hall–Kier alpha value is -0.410. The van der Waals surface area contributed by atoms with Gasteiger partial charge in [0, 0.05) is 12.1 Å². The van der Waals surface area contributed by atoms with Crippen LogP contribution in [0, 0.1) is 0 Å². The fourth-order valence-corrected chi connectivity index (χ4v) is 1.55. The van der Waals surface area contributed by atoms with E-state index in [1.807, 2.05) is 18.7 Å². The fraction of sp³-hybridized carbons (Fsp3) is 0.875. The van der Waals surface area contributed by atoms with E-state index in [1.54, 1.807) is 0 Å².